The summed E-state index contributed by atoms with van der Waals surface area (Å²) in [5.41, 5.74) is 0. The van der Waals surface area contributed by atoms with Crippen LogP contribution in [0.15, 0.2) is 0 Å². The number of esters is 2. The first-order valence-electron chi connectivity index (χ1n) is 7.17. The Kier molecular flexibility index (Phi) is 7.48. The zero-order valence-electron chi connectivity index (χ0n) is 11.9. The molecule has 1 heterocycles. The van der Waals surface area contributed by atoms with E-state index in [0.717, 1.165) is 25.7 Å². The van der Waals surface area contributed by atoms with Crippen LogP contribution in [-0.2, 0) is 23.8 Å². The van der Waals surface area contributed by atoms with Gasteiger partial charge in [0.2, 0.25) is 0 Å². The molecule has 0 N–H and O–H groups in total. The number of hydrogen-bond donors (Lipinski definition) is 0. The number of ether oxygens (including phenoxy) is 3. The SMILES string of the molecule is CCCCOC(=O)C1CCC(C(=O)OCCCC)O1. The lowest BCUT2D eigenvalue weighted by Crippen LogP contribution is -2.28. The topological polar surface area (TPSA) is 61.8 Å². The molecule has 0 aromatic heterocycles. The molecule has 0 bridgehead atoms. The lowest BCUT2D eigenvalue weighted by atomic mass is 10.2. The summed E-state index contributed by atoms with van der Waals surface area (Å²) in [5.74, 6) is -0.727. The van der Waals surface area contributed by atoms with Gasteiger partial charge in [-0.25, -0.2) is 9.59 Å². The molecule has 1 aliphatic heterocycles. The van der Waals surface area contributed by atoms with Crippen LogP contribution < -0.4 is 0 Å². The molecule has 0 spiro atoms. The predicted octanol–water partition coefficient (Wildman–Crippen LogP) is 2.22. The van der Waals surface area contributed by atoms with Crippen LogP contribution in [0.1, 0.15) is 52.4 Å². The summed E-state index contributed by atoms with van der Waals surface area (Å²) in [6, 6.07) is 0. The number of hydrogen-bond acceptors (Lipinski definition) is 5. The van der Waals surface area contributed by atoms with E-state index in [1.54, 1.807) is 0 Å². The molecule has 0 amide bonds. The van der Waals surface area contributed by atoms with Gasteiger partial charge >= 0.3 is 11.9 Å². The molecule has 5 nitrogen and oxygen atoms in total. The number of carbonyl (C=O) groups is 2. The van der Waals surface area contributed by atoms with Crippen LogP contribution in [0.5, 0.6) is 0 Å². The van der Waals surface area contributed by atoms with Crippen molar-refractivity contribution in [2.75, 3.05) is 13.2 Å². The maximum absolute atomic E-state index is 11.6. The van der Waals surface area contributed by atoms with Gasteiger partial charge in [-0.05, 0) is 25.7 Å². The molecule has 0 saturated carbocycles. The molecule has 5 heteroatoms. The molecule has 0 aliphatic carbocycles. The summed E-state index contributed by atoms with van der Waals surface area (Å²) >= 11 is 0. The summed E-state index contributed by atoms with van der Waals surface area (Å²) in [6.07, 6.45) is 3.48. The van der Waals surface area contributed by atoms with E-state index in [1.807, 2.05) is 13.8 Å². The number of rotatable bonds is 8. The van der Waals surface area contributed by atoms with Gasteiger partial charge in [-0.2, -0.15) is 0 Å². The van der Waals surface area contributed by atoms with Crippen LogP contribution in [0.4, 0.5) is 0 Å². The Morgan fingerprint density at radius 1 is 0.947 bits per heavy atom. The van der Waals surface area contributed by atoms with Crippen LogP contribution in [0, 0.1) is 0 Å². The molecule has 1 rings (SSSR count). The molecule has 2 atom stereocenters. The third kappa shape index (κ3) is 5.59. The van der Waals surface area contributed by atoms with E-state index in [1.165, 1.54) is 0 Å². The summed E-state index contributed by atoms with van der Waals surface area (Å²) in [4.78, 5) is 23.3. The van der Waals surface area contributed by atoms with Gasteiger partial charge in [-0.3, -0.25) is 0 Å². The first-order chi connectivity index (χ1) is 9.19. The fourth-order valence-electron chi connectivity index (χ4n) is 1.80. The maximum Gasteiger partial charge on any atom is 0.335 e. The first-order valence-corrected chi connectivity index (χ1v) is 7.17. The van der Waals surface area contributed by atoms with Crippen LogP contribution in [-0.4, -0.2) is 37.4 Å². The van der Waals surface area contributed by atoms with Crippen molar-refractivity contribution in [3.05, 3.63) is 0 Å². The Morgan fingerprint density at radius 3 is 1.74 bits per heavy atom. The van der Waals surface area contributed by atoms with Gasteiger partial charge < -0.3 is 14.2 Å². The van der Waals surface area contributed by atoms with Gasteiger partial charge in [0.15, 0.2) is 12.2 Å². The summed E-state index contributed by atoms with van der Waals surface area (Å²) in [5, 5.41) is 0. The minimum Gasteiger partial charge on any atom is -0.464 e. The molecule has 2 unspecified atom stereocenters. The van der Waals surface area contributed by atoms with Crippen molar-refractivity contribution in [2.24, 2.45) is 0 Å². The average Bonchev–Trinajstić information content (AvgIpc) is 2.89. The van der Waals surface area contributed by atoms with E-state index >= 15 is 0 Å². The second-order valence-electron chi connectivity index (χ2n) is 4.73. The van der Waals surface area contributed by atoms with Crippen molar-refractivity contribution >= 4 is 11.9 Å². The lowest BCUT2D eigenvalue weighted by molar-refractivity contribution is -0.165. The first kappa shape index (κ1) is 16.0. The smallest absolute Gasteiger partial charge is 0.335 e. The second kappa shape index (κ2) is 8.91. The lowest BCUT2D eigenvalue weighted by Gasteiger charge is -2.12. The Hall–Kier alpha value is -1.10. The molecular formula is C14H24O5. The molecule has 1 aliphatic rings. The summed E-state index contributed by atoms with van der Waals surface area (Å²) in [6.45, 7) is 4.89. The fraction of sp³-hybridized carbons (Fsp3) is 0.857. The highest BCUT2D eigenvalue weighted by Gasteiger charge is 2.36. The Morgan fingerprint density at radius 2 is 1.37 bits per heavy atom. The van der Waals surface area contributed by atoms with E-state index in [-0.39, 0.29) is 11.9 Å². The minimum atomic E-state index is -0.611. The minimum absolute atomic E-state index is 0.364. The van der Waals surface area contributed by atoms with Crippen LogP contribution in [0.2, 0.25) is 0 Å². The Bertz CT molecular complexity index is 262. The van der Waals surface area contributed by atoms with E-state index in [9.17, 15) is 9.59 Å². The van der Waals surface area contributed by atoms with E-state index in [2.05, 4.69) is 0 Å². The van der Waals surface area contributed by atoms with Gasteiger partial charge in [0.1, 0.15) is 0 Å². The van der Waals surface area contributed by atoms with Gasteiger partial charge in [0.05, 0.1) is 13.2 Å². The quantitative estimate of drug-likeness (QED) is 0.501. The van der Waals surface area contributed by atoms with Crippen molar-refractivity contribution < 1.29 is 23.8 Å². The van der Waals surface area contributed by atoms with E-state index < -0.39 is 12.2 Å². The molecule has 110 valence electrons. The fourth-order valence-corrected chi connectivity index (χ4v) is 1.80. The summed E-state index contributed by atoms with van der Waals surface area (Å²) in [7, 11) is 0. The molecule has 1 saturated heterocycles. The molecule has 0 aromatic carbocycles. The van der Waals surface area contributed by atoms with Crippen molar-refractivity contribution in [2.45, 2.75) is 64.6 Å². The Balaban J connectivity index is 2.24. The standard InChI is InChI=1S/C14H24O5/c1-3-5-9-17-13(15)11-7-8-12(19-11)14(16)18-10-6-4-2/h11-12H,3-10H2,1-2H3. The van der Waals surface area contributed by atoms with Gasteiger partial charge in [0, 0.05) is 0 Å². The molecule has 19 heavy (non-hydrogen) atoms. The predicted molar refractivity (Wildman–Crippen MR) is 69.6 cm³/mol. The zero-order chi connectivity index (χ0) is 14.1. The molecule has 0 aromatic rings. The highest BCUT2D eigenvalue weighted by molar-refractivity contribution is 5.79. The third-order valence-corrected chi connectivity index (χ3v) is 3.03. The number of unbranched alkanes of at least 4 members (excludes halogenated alkanes) is 2. The van der Waals surface area contributed by atoms with Crippen LogP contribution in [0.3, 0.4) is 0 Å². The normalized spacial score (nSPS) is 22.2. The Labute approximate surface area is 114 Å². The van der Waals surface area contributed by atoms with E-state index in [4.69, 9.17) is 14.2 Å². The van der Waals surface area contributed by atoms with Crippen molar-refractivity contribution in [1.82, 2.24) is 0 Å². The van der Waals surface area contributed by atoms with Crippen LogP contribution in [0.25, 0.3) is 0 Å². The zero-order valence-corrected chi connectivity index (χ0v) is 11.9. The van der Waals surface area contributed by atoms with Gasteiger partial charge in [-0.15, -0.1) is 0 Å². The molecule has 0 radical (unpaired) electrons. The van der Waals surface area contributed by atoms with Crippen LogP contribution >= 0.6 is 0 Å². The third-order valence-electron chi connectivity index (χ3n) is 3.03. The second-order valence-corrected chi connectivity index (χ2v) is 4.73. The highest BCUT2D eigenvalue weighted by atomic mass is 16.6. The monoisotopic (exact) mass is 272 g/mol. The average molecular weight is 272 g/mol. The molecular weight excluding hydrogens is 248 g/mol. The molecule has 1 fully saturated rings. The van der Waals surface area contributed by atoms with Crippen molar-refractivity contribution in [3.63, 3.8) is 0 Å². The largest absolute Gasteiger partial charge is 0.464 e. The highest BCUT2D eigenvalue weighted by Crippen LogP contribution is 2.22. The van der Waals surface area contributed by atoms with Crippen molar-refractivity contribution in [1.29, 1.82) is 0 Å². The van der Waals surface area contributed by atoms with Gasteiger partial charge in [0.25, 0.3) is 0 Å². The number of carbonyl (C=O) groups excluding carboxylic acids is 2. The maximum atomic E-state index is 11.6. The van der Waals surface area contributed by atoms with Crippen molar-refractivity contribution in [3.8, 4) is 0 Å². The summed E-state index contributed by atoms with van der Waals surface area (Å²) < 4.78 is 15.6. The van der Waals surface area contributed by atoms with E-state index in [0.29, 0.717) is 26.1 Å². The van der Waals surface area contributed by atoms with Gasteiger partial charge in [-0.1, -0.05) is 26.7 Å².